The van der Waals surface area contributed by atoms with Gasteiger partial charge in [-0.1, -0.05) is 42.8 Å². The third-order valence-electron chi connectivity index (χ3n) is 2.96. The fraction of sp³-hybridized carbons (Fsp3) is 0.438. The topological polar surface area (TPSA) is 32.3 Å². The molecule has 1 amide bonds. The van der Waals surface area contributed by atoms with Gasteiger partial charge in [-0.25, -0.2) is 0 Å². The molecule has 0 aliphatic carbocycles. The average Bonchev–Trinajstić information content (AvgIpc) is 2.39. The summed E-state index contributed by atoms with van der Waals surface area (Å²) in [5, 5.41) is 3.67. The Morgan fingerprint density at radius 2 is 1.95 bits per heavy atom. The number of nitrogens with one attached hydrogen (secondary N) is 1. The van der Waals surface area contributed by atoms with Gasteiger partial charge in [0.1, 0.15) is 0 Å². The molecule has 1 aromatic carbocycles. The highest BCUT2D eigenvalue weighted by Crippen LogP contribution is 2.09. The van der Waals surface area contributed by atoms with Crippen LogP contribution in [0.1, 0.15) is 19.4 Å². The van der Waals surface area contributed by atoms with E-state index in [4.69, 9.17) is 11.6 Å². The first kappa shape index (κ1) is 16.7. The predicted molar refractivity (Wildman–Crippen MR) is 85.1 cm³/mol. The van der Waals surface area contributed by atoms with Gasteiger partial charge in [0, 0.05) is 18.1 Å². The predicted octanol–water partition coefficient (Wildman–Crippen LogP) is 2.90. The second-order valence-corrected chi connectivity index (χ2v) is 5.42. The summed E-state index contributed by atoms with van der Waals surface area (Å²) in [7, 11) is 0. The van der Waals surface area contributed by atoms with Crippen LogP contribution in [0.5, 0.6) is 0 Å². The SMILES string of the molecule is C=C(C)CN(CC)CC(=O)NCCc1ccc(Cl)cc1. The van der Waals surface area contributed by atoms with Gasteiger partial charge >= 0.3 is 0 Å². The molecule has 0 unspecified atom stereocenters. The van der Waals surface area contributed by atoms with Crippen molar-refractivity contribution < 1.29 is 4.79 Å². The van der Waals surface area contributed by atoms with Gasteiger partial charge in [-0.2, -0.15) is 0 Å². The molecule has 1 N–H and O–H groups in total. The van der Waals surface area contributed by atoms with Crippen LogP contribution >= 0.6 is 11.6 Å². The number of rotatable bonds is 8. The summed E-state index contributed by atoms with van der Waals surface area (Å²) in [4.78, 5) is 13.9. The number of amides is 1. The lowest BCUT2D eigenvalue weighted by atomic mass is 10.1. The third kappa shape index (κ3) is 6.73. The molecular formula is C16H23ClN2O. The van der Waals surface area contributed by atoms with Crippen molar-refractivity contribution >= 4 is 17.5 Å². The number of halogens is 1. The number of benzene rings is 1. The van der Waals surface area contributed by atoms with Gasteiger partial charge < -0.3 is 5.32 Å². The van der Waals surface area contributed by atoms with E-state index < -0.39 is 0 Å². The quantitative estimate of drug-likeness (QED) is 0.748. The molecule has 0 spiro atoms. The summed E-state index contributed by atoms with van der Waals surface area (Å²) in [6.07, 6.45) is 0.815. The molecule has 0 radical (unpaired) electrons. The summed E-state index contributed by atoms with van der Waals surface area (Å²) in [6, 6.07) is 7.69. The Hall–Kier alpha value is -1.32. The largest absolute Gasteiger partial charge is 0.355 e. The van der Waals surface area contributed by atoms with Gasteiger partial charge in [-0.05, 0) is 37.6 Å². The molecule has 0 aromatic heterocycles. The Labute approximate surface area is 126 Å². The molecule has 0 bridgehead atoms. The van der Waals surface area contributed by atoms with E-state index in [1.54, 1.807) is 0 Å². The normalized spacial score (nSPS) is 10.6. The molecule has 1 rings (SSSR count). The molecule has 0 heterocycles. The van der Waals surface area contributed by atoms with Crippen molar-refractivity contribution in [1.82, 2.24) is 10.2 Å². The van der Waals surface area contributed by atoms with Crippen LogP contribution < -0.4 is 5.32 Å². The van der Waals surface area contributed by atoms with Gasteiger partial charge in [0.25, 0.3) is 0 Å². The van der Waals surface area contributed by atoms with E-state index in [9.17, 15) is 4.79 Å². The van der Waals surface area contributed by atoms with E-state index in [-0.39, 0.29) is 5.91 Å². The first-order valence-electron chi connectivity index (χ1n) is 6.89. The molecular weight excluding hydrogens is 272 g/mol. The van der Waals surface area contributed by atoms with Gasteiger partial charge in [-0.3, -0.25) is 9.69 Å². The summed E-state index contributed by atoms with van der Waals surface area (Å²) in [5.74, 6) is 0.0575. The number of carbonyl (C=O) groups is 1. The number of nitrogens with zero attached hydrogens (tertiary/aromatic N) is 1. The van der Waals surface area contributed by atoms with E-state index in [1.807, 2.05) is 38.1 Å². The molecule has 0 atom stereocenters. The van der Waals surface area contributed by atoms with Crippen LogP contribution in [-0.2, 0) is 11.2 Å². The number of hydrogen-bond acceptors (Lipinski definition) is 2. The van der Waals surface area contributed by atoms with Gasteiger partial charge in [-0.15, -0.1) is 0 Å². The molecule has 3 nitrogen and oxygen atoms in total. The fourth-order valence-corrected chi connectivity index (χ4v) is 2.04. The number of likely N-dealkylation sites (N-methyl/N-ethyl adjacent to an activating group) is 1. The highest BCUT2D eigenvalue weighted by Gasteiger charge is 2.08. The van der Waals surface area contributed by atoms with E-state index in [0.29, 0.717) is 13.1 Å². The Balaban J connectivity index is 2.28. The second kappa shape index (κ2) is 8.77. The minimum absolute atomic E-state index is 0.0575. The van der Waals surface area contributed by atoms with Crippen molar-refractivity contribution in [2.24, 2.45) is 0 Å². The lowest BCUT2D eigenvalue weighted by Gasteiger charge is -2.19. The number of carbonyl (C=O) groups excluding carboxylic acids is 1. The Bertz CT molecular complexity index is 442. The Morgan fingerprint density at radius 3 is 2.50 bits per heavy atom. The third-order valence-corrected chi connectivity index (χ3v) is 3.21. The van der Waals surface area contributed by atoms with Crippen LogP contribution in [0.15, 0.2) is 36.4 Å². The summed E-state index contributed by atoms with van der Waals surface area (Å²) in [5.41, 5.74) is 2.24. The summed E-state index contributed by atoms with van der Waals surface area (Å²) >= 11 is 5.83. The molecule has 0 saturated heterocycles. The highest BCUT2D eigenvalue weighted by molar-refractivity contribution is 6.30. The van der Waals surface area contributed by atoms with Crippen molar-refractivity contribution in [2.75, 3.05) is 26.2 Å². The maximum Gasteiger partial charge on any atom is 0.234 e. The Kier molecular flexibility index (Phi) is 7.34. The van der Waals surface area contributed by atoms with Gasteiger partial charge in [0.05, 0.1) is 6.54 Å². The van der Waals surface area contributed by atoms with E-state index >= 15 is 0 Å². The van der Waals surface area contributed by atoms with Crippen LogP contribution in [0.2, 0.25) is 5.02 Å². The molecule has 0 aliphatic heterocycles. The zero-order chi connectivity index (χ0) is 15.0. The van der Waals surface area contributed by atoms with E-state index in [0.717, 1.165) is 30.1 Å². The smallest absolute Gasteiger partial charge is 0.234 e. The maximum atomic E-state index is 11.8. The van der Waals surface area contributed by atoms with Gasteiger partial charge in [0.15, 0.2) is 0 Å². The van der Waals surface area contributed by atoms with Crippen LogP contribution in [0.25, 0.3) is 0 Å². The van der Waals surface area contributed by atoms with Crippen molar-refractivity contribution in [3.05, 3.63) is 47.0 Å². The molecule has 20 heavy (non-hydrogen) atoms. The van der Waals surface area contributed by atoms with Crippen molar-refractivity contribution in [1.29, 1.82) is 0 Å². The zero-order valence-electron chi connectivity index (χ0n) is 12.3. The van der Waals surface area contributed by atoms with Crippen molar-refractivity contribution in [3.63, 3.8) is 0 Å². The molecule has 0 fully saturated rings. The van der Waals surface area contributed by atoms with E-state index in [2.05, 4.69) is 16.8 Å². The molecule has 0 aliphatic rings. The summed E-state index contributed by atoms with van der Waals surface area (Å²) < 4.78 is 0. The van der Waals surface area contributed by atoms with Crippen LogP contribution in [-0.4, -0.2) is 37.0 Å². The van der Waals surface area contributed by atoms with E-state index in [1.165, 1.54) is 5.56 Å². The first-order chi connectivity index (χ1) is 9.51. The number of hydrogen-bond donors (Lipinski definition) is 1. The highest BCUT2D eigenvalue weighted by atomic mass is 35.5. The lowest BCUT2D eigenvalue weighted by molar-refractivity contribution is -0.122. The minimum Gasteiger partial charge on any atom is -0.355 e. The minimum atomic E-state index is 0.0575. The Morgan fingerprint density at radius 1 is 1.30 bits per heavy atom. The van der Waals surface area contributed by atoms with Crippen LogP contribution in [0.4, 0.5) is 0 Å². The molecule has 110 valence electrons. The standard InChI is InChI=1S/C16H23ClN2O/c1-4-19(11-13(2)3)12-16(20)18-10-9-14-5-7-15(17)8-6-14/h5-8H,2,4,9-12H2,1,3H3,(H,18,20). The van der Waals surface area contributed by atoms with Crippen molar-refractivity contribution in [2.45, 2.75) is 20.3 Å². The monoisotopic (exact) mass is 294 g/mol. The molecule has 4 heteroatoms. The van der Waals surface area contributed by atoms with Crippen LogP contribution in [0.3, 0.4) is 0 Å². The molecule has 0 saturated carbocycles. The fourth-order valence-electron chi connectivity index (χ4n) is 1.92. The van der Waals surface area contributed by atoms with Crippen molar-refractivity contribution in [3.8, 4) is 0 Å². The zero-order valence-corrected chi connectivity index (χ0v) is 13.0. The lowest BCUT2D eigenvalue weighted by Crippen LogP contribution is -2.38. The molecule has 1 aromatic rings. The summed E-state index contributed by atoms with van der Waals surface area (Å²) in [6.45, 7) is 10.6. The van der Waals surface area contributed by atoms with Gasteiger partial charge in [0.2, 0.25) is 5.91 Å². The first-order valence-corrected chi connectivity index (χ1v) is 7.27. The average molecular weight is 295 g/mol. The maximum absolute atomic E-state index is 11.8. The van der Waals surface area contributed by atoms with Crippen LogP contribution in [0, 0.1) is 0 Å². The second-order valence-electron chi connectivity index (χ2n) is 4.99.